The summed E-state index contributed by atoms with van der Waals surface area (Å²) in [4.78, 5) is 0. The average molecular weight is 350 g/mol. The third kappa shape index (κ3) is 4.25. The second-order valence-electron chi connectivity index (χ2n) is 6.14. The minimum absolute atomic E-state index is 0.540. The number of rotatable bonds is 4. The van der Waals surface area contributed by atoms with E-state index in [2.05, 4.69) is 47.8 Å². The van der Waals surface area contributed by atoms with Gasteiger partial charge in [0.05, 0.1) is 6.54 Å². The van der Waals surface area contributed by atoms with Crippen LogP contribution in [-0.4, -0.2) is 14.9 Å². The van der Waals surface area contributed by atoms with Crippen LogP contribution in [0.2, 0.25) is 0 Å². The molecule has 5 heteroatoms. The lowest BCUT2D eigenvalue weighted by molar-refractivity contribution is 0.668. The van der Waals surface area contributed by atoms with Crippen LogP contribution in [-0.2, 0) is 6.54 Å². The Morgan fingerprint density at radius 1 is 1.00 bits per heavy atom. The molecule has 0 amide bonds. The minimum Gasteiger partial charge on any atom is -0.332 e. The quantitative estimate of drug-likeness (QED) is 0.671. The van der Waals surface area contributed by atoms with Crippen LogP contribution in [0.1, 0.15) is 22.4 Å². The fraction of sp³-hybridized carbons (Fsp3) is 0.200. The van der Waals surface area contributed by atoms with Gasteiger partial charge in [0.15, 0.2) is 10.9 Å². The molecule has 1 heterocycles. The average Bonchev–Trinajstić information content (AvgIpc) is 2.92. The Bertz CT molecular complexity index is 884. The molecule has 128 valence electrons. The van der Waals surface area contributed by atoms with E-state index in [4.69, 9.17) is 12.2 Å². The van der Waals surface area contributed by atoms with Crippen LogP contribution in [0.25, 0.3) is 0 Å². The normalized spacial score (nSPS) is 10.5. The maximum atomic E-state index is 5.43. The molecule has 1 aromatic heterocycles. The molecule has 0 saturated heterocycles. The van der Waals surface area contributed by atoms with Crippen molar-refractivity contribution in [1.29, 1.82) is 0 Å². The van der Waals surface area contributed by atoms with Crippen molar-refractivity contribution < 1.29 is 0 Å². The van der Waals surface area contributed by atoms with Crippen LogP contribution in [0.4, 0.5) is 11.5 Å². The van der Waals surface area contributed by atoms with Gasteiger partial charge in [0.25, 0.3) is 0 Å². The van der Waals surface area contributed by atoms with E-state index in [1.165, 1.54) is 16.7 Å². The fourth-order valence-corrected chi connectivity index (χ4v) is 2.86. The van der Waals surface area contributed by atoms with Gasteiger partial charge >= 0.3 is 0 Å². The van der Waals surface area contributed by atoms with E-state index in [1.807, 2.05) is 48.0 Å². The number of aromatic nitrogens is 2. The number of hydrogen-bond donors (Lipinski definition) is 2. The second kappa shape index (κ2) is 7.49. The van der Waals surface area contributed by atoms with Crippen LogP contribution >= 0.6 is 12.2 Å². The third-order valence-corrected chi connectivity index (χ3v) is 4.45. The molecule has 3 aromatic rings. The monoisotopic (exact) mass is 350 g/mol. The summed E-state index contributed by atoms with van der Waals surface area (Å²) in [5.74, 6) is 0.747. The molecule has 0 unspecified atom stereocenters. The highest BCUT2D eigenvalue weighted by Crippen LogP contribution is 2.18. The molecule has 2 aromatic carbocycles. The van der Waals surface area contributed by atoms with E-state index in [-0.39, 0.29) is 0 Å². The van der Waals surface area contributed by atoms with Gasteiger partial charge in [-0.2, -0.15) is 5.10 Å². The molecule has 0 fully saturated rings. The van der Waals surface area contributed by atoms with Gasteiger partial charge < -0.3 is 10.6 Å². The van der Waals surface area contributed by atoms with Gasteiger partial charge in [0, 0.05) is 17.4 Å². The smallest absolute Gasteiger partial charge is 0.176 e. The van der Waals surface area contributed by atoms with Gasteiger partial charge in [0.1, 0.15) is 0 Å². The highest BCUT2D eigenvalue weighted by Gasteiger charge is 2.08. The zero-order valence-electron chi connectivity index (χ0n) is 14.7. The minimum atomic E-state index is 0.540. The Morgan fingerprint density at radius 2 is 1.76 bits per heavy atom. The summed E-state index contributed by atoms with van der Waals surface area (Å²) in [5.41, 5.74) is 5.74. The fourth-order valence-electron chi connectivity index (χ4n) is 2.64. The van der Waals surface area contributed by atoms with Crippen molar-refractivity contribution in [3.63, 3.8) is 0 Å². The number of nitrogens with one attached hydrogen (secondary N) is 2. The first-order valence-electron chi connectivity index (χ1n) is 8.25. The van der Waals surface area contributed by atoms with Crippen LogP contribution in [0, 0.1) is 20.8 Å². The number of benzene rings is 2. The number of thiocarbonyl (C=S) groups is 1. The first-order valence-corrected chi connectivity index (χ1v) is 8.66. The highest BCUT2D eigenvalue weighted by molar-refractivity contribution is 7.80. The molecule has 0 saturated carbocycles. The predicted molar refractivity (Wildman–Crippen MR) is 108 cm³/mol. The zero-order chi connectivity index (χ0) is 17.8. The van der Waals surface area contributed by atoms with E-state index >= 15 is 0 Å². The molecule has 4 nitrogen and oxygen atoms in total. The van der Waals surface area contributed by atoms with Gasteiger partial charge in [-0.3, -0.25) is 4.68 Å². The highest BCUT2D eigenvalue weighted by atomic mass is 32.1. The summed E-state index contributed by atoms with van der Waals surface area (Å²) in [5, 5.41) is 11.6. The summed E-state index contributed by atoms with van der Waals surface area (Å²) in [6, 6.07) is 18.4. The summed E-state index contributed by atoms with van der Waals surface area (Å²) < 4.78 is 1.97. The number of anilines is 2. The Kier molecular flexibility index (Phi) is 5.14. The standard InChI is InChI=1S/C20H22N4S/c1-14-8-7-11-18(16(14)3)21-20(25)22-19-12-15(2)24(23-19)13-17-9-5-4-6-10-17/h4-12H,13H2,1-3H3,(H2,21,22,23,25). The molecule has 25 heavy (non-hydrogen) atoms. The molecular formula is C20H22N4S. The van der Waals surface area contributed by atoms with Crippen molar-refractivity contribution in [3.05, 3.63) is 77.0 Å². The molecule has 0 atom stereocenters. The van der Waals surface area contributed by atoms with E-state index in [9.17, 15) is 0 Å². The molecule has 3 rings (SSSR count). The summed E-state index contributed by atoms with van der Waals surface area (Å²) >= 11 is 5.43. The third-order valence-electron chi connectivity index (χ3n) is 4.25. The van der Waals surface area contributed by atoms with Gasteiger partial charge in [-0.25, -0.2) is 0 Å². The summed E-state index contributed by atoms with van der Waals surface area (Å²) in [7, 11) is 0. The Morgan fingerprint density at radius 3 is 2.52 bits per heavy atom. The maximum absolute atomic E-state index is 5.43. The van der Waals surface area contributed by atoms with Crippen molar-refractivity contribution in [3.8, 4) is 0 Å². The SMILES string of the molecule is Cc1cccc(NC(=S)Nc2cc(C)n(Cc3ccccc3)n2)c1C. The summed E-state index contributed by atoms with van der Waals surface area (Å²) in [6.07, 6.45) is 0. The predicted octanol–water partition coefficient (Wildman–Crippen LogP) is 4.67. The summed E-state index contributed by atoms with van der Waals surface area (Å²) in [6.45, 7) is 6.96. The second-order valence-corrected chi connectivity index (χ2v) is 6.55. The Hall–Kier alpha value is -2.66. The molecule has 0 spiro atoms. The molecule has 0 radical (unpaired) electrons. The van der Waals surface area contributed by atoms with E-state index < -0.39 is 0 Å². The molecule has 0 aliphatic heterocycles. The van der Waals surface area contributed by atoms with Gasteiger partial charge in [-0.1, -0.05) is 42.5 Å². The largest absolute Gasteiger partial charge is 0.332 e. The van der Waals surface area contributed by atoms with Crippen molar-refractivity contribution in [2.75, 3.05) is 10.6 Å². The van der Waals surface area contributed by atoms with Crippen LogP contribution in [0.5, 0.6) is 0 Å². The number of hydrogen-bond acceptors (Lipinski definition) is 2. The van der Waals surface area contributed by atoms with E-state index in [0.29, 0.717) is 5.11 Å². The number of nitrogens with zero attached hydrogens (tertiary/aromatic N) is 2. The zero-order valence-corrected chi connectivity index (χ0v) is 15.5. The molecule has 0 bridgehead atoms. The Balaban J connectivity index is 1.68. The number of aryl methyl sites for hydroxylation is 2. The first-order chi connectivity index (χ1) is 12.0. The lowest BCUT2D eigenvalue weighted by Gasteiger charge is -2.12. The lowest BCUT2D eigenvalue weighted by Crippen LogP contribution is -2.20. The van der Waals surface area contributed by atoms with Gasteiger partial charge in [-0.05, 0) is 55.7 Å². The van der Waals surface area contributed by atoms with Crippen LogP contribution < -0.4 is 10.6 Å². The van der Waals surface area contributed by atoms with Crippen molar-refractivity contribution >= 4 is 28.8 Å². The lowest BCUT2D eigenvalue weighted by atomic mass is 10.1. The molecule has 2 N–H and O–H groups in total. The molecule has 0 aliphatic carbocycles. The van der Waals surface area contributed by atoms with Crippen molar-refractivity contribution in [2.24, 2.45) is 0 Å². The maximum Gasteiger partial charge on any atom is 0.176 e. The molecule has 0 aliphatic rings. The topological polar surface area (TPSA) is 41.9 Å². The van der Waals surface area contributed by atoms with Crippen LogP contribution in [0.3, 0.4) is 0 Å². The van der Waals surface area contributed by atoms with Gasteiger partial charge in [-0.15, -0.1) is 0 Å². The van der Waals surface area contributed by atoms with Crippen molar-refractivity contribution in [1.82, 2.24) is 9.78 Å². The van der Waals surface area contributed by atoms with E-state index in [1.54, 1.807) is 0 Å². The Labute approximate surface area is 153 Å². The van der Waals surface area contributed by atoms with Gasteiger partial charge in [0.2, 0.25) is 0 Å². The first kappa shape index (κ1) is 17.2. The van der Waals surface area contributed by atoms with E-state index in [0.717, 1.165) is 23.7 Å². The molecular weight excluding hydrogens is 328 g/mol. The van der Waals surface area contributed by atoms with Crippen LogP contribution in [0.15, 0.2) is 54.6 Å². The van der Waals surface area contributed by atoms with Crippen molar-refractivity contribution in [2.45, 2.75) is 27.3 Å².